The molecule has 4 fully saturated rings. The van der Waals surface area contributed by atoms with Gasteiger partial charge >= 0.3 is 0 Å². The first-order valence-corrected chi connectivity index (χ1v) is 7.67. The lowest BCUT2D eigenvalue weighted by atomic mass is 9.79. The Hall–Kier alpha value is -1.06. The van der Waals surface area contributed by atoms with Gasteiger partial charge in [0.25, 0.3) is 11.9 Å². The Balaban J connectivity index is 1.46. The van der Waals surface area contributed by atoms with Crippen molar-refractivity contribution in [3.05, 3.63) is 0 Å². The Morgan fingerprint density at radius 3 is 2.68 bits per heavy atom. The normalized spacial score (nSPS) is 46.9. The second-order valence-electron chi connectivity index (χ2n) is 7.20. The molecule has 0 radical (unpaired) electrons. The summed E-state index contributed by atoms with van der Waals surface area (Å²) < 4.78 is 5.70. The van der Waals surface area contributed by atoms with Crippen LogP contribution in [0.2, 0.25) is 0 Å². The van der Waals surface area contributed by atoms with Crippen molar-refractivity contribution < 1.29 is 9.53 Å². The maximum atomic E-state index is 11.8. The number of amidine groups is 1. The maximum absolute atomic E-state index is 11.8. The highest BCUT2D eigenvalue weighted by Crippen LogP contribution is 2.58. The number of nitrogens with zero attached hydrogens (tertiary/aromatic N) is 1. The Bertz CT molecular complexity index is 441. The Kier molecular flexibility index (Phi) is 2.45. The van der Waals surface area contributed by atoms with Gasteiger partial charge in [0, 0.05) is 6.04 Å². The molecule has 19 heavy (non-hydrogen) atoms. The van der Waals surface area contributed by atoms with E-state index in [0.29, 0.717) is 12.1 Å². The molecule has 0 aromatic heterocycles. The highest BCUT2D eigenvalue weighted by atomic mass is 16.5. The van der Waals surface area contributed by atoms with E-state index in [-0.39, 0.29) is 17.9 Å². The molecule has 4 bridgehead atoms. The molecule has 5 aliphatic rings. The summed E-state index contributed by atoms with van der Waals surface area (Å²) in [6.45, 7) is 4.00. The number of hydrogen-bond donors (Lipinski definition) is 1. The first-order chi connectivity index (χ1) is 9.11. The minimum Gasteiger partial charge on any atom is -0.451 e. The van der Waals surface area contributed by atoms with E-state index in [2.05, 4.69) is 10.3 Å². The molecule has 1 N–H and O–H groups in total. The molecule has 4 aliphatic carbocycles. The van der Waals surface area contributed by atoms with E-state index < -0.39 is 0 Å². The summed E-state index contributed by atoms with van der Waals surface area (Å²) in [7, 11) is 0. The van der Waals surface area contributed by atoms with Gasteiger partial charge in [0.2, 0.25) is 0 Å². The number of amides is 1. The third-order valence-corrected chi connectivity index (χ3v) is 5.65. The van der Waals surface area contributed by atoms with E-state index in [1.54, 1.807) is 0 Å². The molecule has 6 unspecified atom stereocenters. The van der Waals surface area contributed by atoms with Crippen molar-refractivity contribution in [3.63, 3.8) is 0 Å². The van der Waals surface area contributed by atoms with E-state index in [0.717, 1.165) is 23.7 Å². The van der Waals surface area contributed by atoms with Crippen molar-refractivity contribution in [1.29, 1.82) is 0 Å². The second-order valence-corrected chi connectivity index (χ2v) is 7.20. The standard InChI is InChI=1S/C15H22N2O2/c1-7(2)13-14(18)17-15(19-13)16-12-10-4-8-3-9(6-10)11(12)5-8/h7-13H,3-6H2,1-2H3,(H,16,17,18). The van der Waals surface area contributed by atoms with Gasteiger partial charge in [-0.3, -0.25) is 4.79 Å². The molecular formula is C15H22N2O2. The minimum absolute atomic E-state index is 0.120. The molecule has 0 aromatic carbocycles. The molecule has 104 valence electrons. The lowest BCUT2D eigenvalue weighted by Gasteiger charge is -2.32. The lowest BCUT2D eigenvalue weighted by Crippen LogP contribution is -2.44. The van der Waals surface area contributed by atoms with Crippen molar-refractivity contribution in [2.75, 3.05) is 0 Å². The fourth-order valence-electron chi connectivity index (χ4n) is 4.95. The van der Waals surface area contributed by atoms with E-state index >= 15 is 0 Å². The van der Waals surface area contributed by atoms with Gasteiger partial charge < -0.3 is 10.1 Å². The van der Waals surface area contributed by atoms with Crippen molar-refractivity contribution in [1.82, 2.24) is 5.32 Å². The van der Waals surface area contributed by atoms with Crippen LogP contribution < -0.4 is 5.32 Å². The Morgan fingerprint density at radius 2 is 2.00 bits per heavy atom. The van der Waals surface area contributed by atoms with Gasteiger partial charge in [0.15, 0.2) is 6.10 Å². The molecule has 4 heteroatoms. The van der Waals surface area contributed by atoms with Gasteiger partial charge in [-0.1, -0.05) is 13.8 Å². The zero-order valence-corrected chi connectivity index (χ0v) is 11.6. The van der Waals surface area contributed by atoms with Crippen LogP contribution in [-0.2, 0) is 9.53 Å². The number of rotatable bonds is 2. The zero-order valence-electron chi connectivity index (χ0n) is 11.6. The number of aliphatic imine (C=N–C) groups is 1. The van der Waals surface area contributed by atoms with E-state index in [1.807, 2.05) is 13.8 Å². The molecule has 4 nitrogen and oxygen atoms in total. The fraction of sp³-hybridized carbons (Fsp3) is 0.867. The molecule has 6 atom stereocenters. The number of hydrogen-bond acceptors (Lipinski definition) is 3. The van der Waals surface area contributed by atoms with Crippen LogP contribution in [-0.4, -0.2) is 24.1 Å². The maximum Gasteiger partial charge on any atom is 0.293 e. The molecular weight excluding hydrogens is 240 g/mol. The molecule has 0 saturated heterocycles. The van der Waals surface area contributed by atoms with Crippen molar-refractivity contribution in [2.24, 2.45) is 34.6 Å². The molecule has 1 amide bonds. The molecule has 4 saturated carbocycles. The van der Waals surface area contributed by atoms with Crippen LogP contribution in [0.4, 0.5) is 0 Å². The van der Waals surface area contributed by atoms with E-state index in [1.165, 1.54) is 25.7 Å². The summed E-state index contributed by atoms with van der Waals surface area (Å²) in [6, 6.07) is 0.992. The van der Waals surface area contributed by atoms with Gasteiger partial charge in [0.1, 0.15) is 0 Å². The first kappa shape index (κ1) is 11.7. The Morgan fingerprint density at radius 1 is 1.21 bits per heavy atom. The average Bonchev–Trinajstić information content (AvgIpc) is 2.92. The molecule has 5 rings (SSSR count). The predicted octanol–water partition coefficient (Wildman–Crippen LogP) is 1.95. The summed E-state index contributed by atoms with van der Waals surface area (Å²) in [5, 5.41) is 3.46. The van der Waals surface area contributed by atoms with Gasteiger partial charge in [0.05, 0.1) is 0 Å². The third-order valence-electron chi connectivity index (χ3n) is 5.65. The molecule has 1 heterocycles. The monoisotopic (exact) mass is 262 g/mol. The van der Waals surface area contributed by atoms with E-state index in [9.17, 15) is 4.79 Å². The third kappa shape index (κ3) is 1.72. The van der Waals surface area contributed by atoms with Crippen LogP contribution in [0.25, 0.3) is 0 Å². The highest BCUT2D eigenvalue weighted by molar-refractivity contribution is 5.98. The quantitative estimate of drug-likeness (QED) is 0.827. The summed E-state index contributed by atoms with van der Waals surface area (Å²) in [6.07, 6.45) is 5.15. The van der Waals surface area contributed by atoms with Crippen molar-refractivity contribution in [2.45, 2.75) is 51.7 Å². The Labute approximate surface area is 114 Å². The van der Waals surface area contributed by atoms with Crippen LogP contribution in [0.15, 0.2) is 4.99 Å². The fourth-order valence-corrected chi connectivity index (χ4v) is 4.95. The van der Waals surface area contributed by atoms with Crippen LogP contribution in [0.3, 0.4) is 0 Å². The van der Waals surface area contributed by atoms with Crippen molar-refractivity contribution >= 4 is 11.9 Å². The zero-order chi connectivity index (χ0) is 13.1. The largest absolute Gasteiger partial charge is 0.451 e. The number of ether oxygens (including phenoxy) is 1. The SMILES string of the molecule is CC(C)C1OC(NC2C3CC4CC(C3)C2C4)=NC1=O. The van der Waals surface area contributed by atoms with Gasteiger partial charge in [-0.25, -0.2) is 0 Å². The average molecular weight is 262 g/mol. The number of nitrogens with one attached hydrogen (secondary N) is 1. The van der Waals surface area contributed by atoms with Crippen LogP contribution in [0.5, 0.6) is 0 Å². The minimum atomic E-state index is -0.377. The first-order valence-electron chi connectivity index (χ1n) is 7.67. The highest BCUT2D eigenvalue weighted by Gasteiger charge is 2.54. The van der Waals surface area contributed by atoms with Gasteiger partial charge in [-0.05, 0) is 55.3 Å². The lowest BCUT2D eigenvalue weighted by molar-refractivity contribution is -0.124. The van der Waals surface area contributed by atoms with Crippen LogP contribution in [0.1, 0.15) is 39.5 Å². The van der Waals surface area contributed by atoms with E-state index in [4.69, 9.17) is 4.74 Å². The van der Waals surface area contributed by atoms with Crippen LogP contribution in [0, 0.1) is 29.6 Å². The predicted molar refractivity (Wildman–Crippen MR) is 71.5 cm³/mol. The van der Waals surface area contributed by atoms with Gasteiger partial charge in [-0.15, -0.1) is 0 Å². The topological polar surface area (TPSA) is 50.7 Å². The number of carbonyl (C=O) groups excluding carboxylic acids is 1. The number of carbonyl (C=O) groups is 1. The summed E-state index contributed by atoms with van der Waals surface area (Å²) in [5.74, 6) is 3.53. The molecule has 0 spiro atoms. The smallest absolute Gasteiger partial charge is 0.293 e. The summed E-state index contributed by atoms with van der Waals surface area (Å²) >= 11 is 0. The summed E-state index contributed by atoms with van der Waals surface area (Å²) in [4.78, 5) is 15.8. The molecule has 0 aromatic rings. The second kappa shape index (κ2) is 3.97. The molecule has 1 aliphatic heterocycles. The summed E-state index contributed by atoms with van der Waals surface area (Å²) in [5.41, 5.74) is 0. The van der Waals surface area contributed by atoms with Crippen LogP contribution >= 0.6 is 0 Å². The van der Waals surface area contributed by atoms with Gasteiger partial charge in [-0.2, -0.15) is 4.99 Å². The van der Waals surface area contributed by atoms with Crippen molar-refractivity contribution in [3.8, 4) is 0 Å².